The summed E-state index contributed by atoms with van der Waals surface area (Å²) in [6.45, 7) is 3.92. The normalized spacial score (nSPS) is 10.3. The first-order valence-corrected chi connectivity index (χ1v) is 8.98. The SMILES string of the molecule is CCOc1cc(C#N)cc(Cl)c1OC(=O)c1ccc(OCc2noc(C)n2)cc1. The number of benzene rings is 2. The fraction of sp³-hybridized carbons (Fsp3) is 0.200. The van der Waals surface area contributed by atoms with Gasteiger partial charge in [0.25, 0.3) is 0 Å². The van der Waals surface area contributed by atoms with Gasteiger partial charge in [-0.1, -0.05) is 16.8 Å². The highest BCUT2D eigenvalue weighted by Gasteiger charge is 2.18. The molecule has 0 fully saturated rings. The number of esters is 1. The molecule has 29 heavy (non-hydrogen) atoms. The van der Waals surface area contributed by atoms with Crippen molar-refractivity contribution in [2.24, 2.45) is 0 Å². The Balaban J connectivity index is 1.70. The summed E-state index contributed by atoms with van der Waals surface area (Å²) in [7, 11) is 0. The van der Waals surface area contributed by atoms with Gasteiger partial charge in [0.2, 0.25) is 11.7 Å². The summed E-state index contributed by atoms with van der Waals surface area (Å²) in [6.07, 6.45) is 0. The zero-order valence-corrected chi connectivity index (χ0v) is 16.4. The highest BCUT2D eigenvalue weighted by atomic mass is 35.5. The van der Waals surface area contributed by atoms with E-state index in [4.69, 9.17) is 35.6 Å². The van der Waals surface area contributed by atoms with E-state index in [9.17, 15) is 4.79 Å². The van der Waals surface area contributed by atoms with Crippen LogP contribution in [0.4, 0.5) is 0 Å². The zero-order valence-electron chi connectivity index (χ0n) is 15.6. The van der Waals surface area contributed by atoms with Gasteiger partial charge in [-0.3, -0.25) is 0 Å². The molecule has 0 saturated heterocycles. The third-order valence-corrected chi connectivity index (χ3v) is 3.94. The van der Waals surface area contributed by atoms with Crippen LogP contribution in [-0.2, 0) is 6.61 Å². The van der Waals surface area contributed by atoms with E-state index < -0.39 is 5.97 Å². The molecule has 1 heterocycles. The van der Waals surface area contributed by atoms with E-state index in [-0.39, 0.29) is 28.7 Å². The number of nitrogens with zero attached hydrogens (tertiary/aromatic N) is 3. The summed E-state index contributed by atoms with van der Waals surface area (Å²) < 4.78 is 21.3. The van der Waals surface area contributed by atoms with Gasteiger partial charge in [0, 0.05) is 13.0 Å². The van der Waals surface area contributed by atoms with E-state index in [1.54, 1.807) is 38.1 Å². The minimum Gasteiger partial charge on any atom is -0.490 e. The topological polar surface area (TPSA) is 107 Å². The molecule has 3 rings (SSSR count). The van der Waals surface area contributed by atoms with E-state index in [1.165, 1.54) is 12.1 Å². The van der Waals surface area contributed by atoms with Crippen molar-refractivity contribution in [1.29, 1.82) is 5.26 Å². The molecule has 0 radical (unpaired) electrons. The molecule has 2 aromatic carbocycles. The number of carbonyl (C=O) groups excluding carboxylic acids is 1. The van der Waals surface area contributed by atoms with E-state index in [0.29, 0.717) is 29.6 Å². The first-order chi connectivity index (χ1) is 14.0. The van der Waals surface area contributed by atoms with Gasteiger partial charge in [-0.2, -0.15) is 10.2 Å². The van der Waals surface area contributed by atoms with E-state index in [1.807, 2.05) is 6.07 Å². The third kappa shape index (κ3) is 5.03. The highest BCUT2D eigenvalue weighted by Crippen LogP contribution is 2.37. The Hall–Kier alpha value is -3.57. The van der Waals surface area contributed by atoms with Crippen molar-refractivity contribution in [1.82, 2.24) is 10.1 Å². The molecular weight excluding hydrogens is 398 g/mol. The second kappa shape index (κ2) is 9.08. The molecule has 8 nitrogen and oxygen atoms in total. The number of carbonyl (C=O) groups is 1. The molecule has 1 aromatic heterocycles. The first-order valence-electron chi connectivity index (χ1n) is 8.60. The van der Waals surface area contributed by atoms with Crippen molar-refractivity contribution in [3.63, 3.8) is 0 Å². The number of halogens is 1. The molecule has 0 unspecified atom stereocenters. The predicted octanol–water partition coefficient (Wildman–Crippen LogP) is 4.10. The summed E-state index contributed by atoms with van der Waals surface area (Å²) >= 11 is 6.16. The van der Waals surface area contributed by atoms with Gasteiger partial charge in [0.05, 0.1) is 28.8 Å². The molecule has 0 spiro atoms. The van der Waals surface area contributed by atoms with Crippen molar-refractivity contribution >= 4 is 17.6 Å². The van der Waals surface area contributed by atoms with Crippen LogP contribution in [0.15, 0.2) is 40.9 Å². The molecule has 0 atom stereocenters. The van der Waals surface area contributed by atoms with E-state index in [2.05, 4.69) is 10.1 Å². The fourth-order valence-corrected chi connectivity index (χ4v) is 2.63. The molecule has 0 bridgehead atoms. The smallest absolute Gasteiger partial charge is 0.343 e. The average Bonchev–Trinajstić information content (AvgIpc) is 3.14. The van der Waals surface area contributed by atoms with E-state index in [0.717, 1.165) is 0 Å². The Morgan fingerprint density at radius 3 is 2.62 bits per heavy atom. The number of aryl methyl sites for hydroxylation is 1. The van der Waals surface area contributed by atoms with Crippen molar-refractivity contribution < 1.29 is 23.5 Å². The second-order valence-electron chi connectivity index (χ2n) is 5.76. The van der Waals surface area contributed by atoms with Gasteiger partial charge in [0.1, 0.15) is 5.75 Å². The lowest BCUT2D eigenvalue weighted by Crippen LogP contribution is -2.10. The Bertz CT molecular complexity index is 1060. The first kappa shape index (κ1) is 20.2. The zero-order chi connectivity index (χ0) is 20.8. The lowest BCUT2D eigenvalue weighted by Gasteiger charge is -2.13. The number of hydrogen-bond acceptors (Lipinski definition) is 8. The summed E-state index contributed by atoms with van der Waals surface area (Å²) in [5.41, 5.74) is 0.590. The number of aromatic nitrogens is 2. The molecule has 0 aliphatic heterocycles. The van der Waals surface area contributed by atoms with Crippen molar-refractivity contribution in [2.45, 2.75) is 20.5 Å². The number of nitriles is 1. The van der Waals surface area contributed by atoms with Crippen LogP contribution in [0.5, 0.6) is 17.2 Å². The Labute approximate surface area is 171 Å². The number of hydrogen-bond donors (Lipinski definition) is 0. The van der Waals surface area contributed by atoms with Crippen molar-refractivity contribution in [3.8, 4) is 23.3 Å². The molecule has 0 aliphatic rings. The molecule has 0 amide bonds. The molecule has 0 aliphatic carbocycles. The quantitative estimate of drug-likeness (QED) is 0.420. The number of rotatable bonds is 7. The Morgan fingerprint density at radius 2 is 2.00 bits per heavy atom. The van der Waals surface area contributed by atoms with Gasteiger partial charge in [-0.15, -0.1) is 0 Å². The Morgan fingerprint density at radius 1 is 1.24 bits per heavy atom. The van der Waals surface area contributed by atoms with Crippen LogP contribution in [-0.4, -0.2) is 22.7 Å². The Kier molecular flexibility index (Phi) is 6.32. The lowest BCUT2D eigenvalue weighted by atomic mass is 10.2. The standard InChI is InChI=1S/C20H16ClN3O5/c1-3-26-17-9-13(10-22)8-16(21)19(17)28-20(25)14-4-6-15(7-5-14)27-11-18-23-12(2)29-24-18/h4-9H,3,11H2,1-2H3. The fourth-order valence-electron chi connectivity index (χ4n) is 2.38. The maximum Gasteiger partial charge on any atom is 0.343 e. The van der Waals surface area contributed by atoms with Crippen LogP contribution in [0.1, 0.15) is 34.6 Å². The van der Waals surface area contributed by atoms with Crippen LogP contribution < -0.4 is 14.2 Å². The average molecular weight is 414 g/mol. The second-order valence-corrected chi connectivity index (χ2v) is 6.17. The van der Waals surface area contributed by atoms with Crippen molar-refractivity contribution in [3.05, 3.63) is 64.3 Å². The summed E-state index contributed by atoms with van der Waals surface area (Å²) in [6, 6.07) is 11.2. The van der Waals surface area contributed by atoms with Crippen LogP contribution >= 0.6 is 11.6 Å². The molecule has 0 N–H and O–H groups in total. The molecule has 9 heteroatoms. The lowest BCUT2D eigenvalue weighted by molar-refractivity contribution is 0.0728. The monoisotopic (exact) mass is 413 g/mol. The van der Waals surface area contributed by atoms with Gasteiger partial charge < -0.3 is 18.7 Å². The maximum atomic E-state index is 12.5. The molecule has 148 valence electrons. The summed E-state index contributed by atoms with van der Waals surface area (Å²) in [4.78, 5) is 16.5. The summed E-state index contributed by atoms with van der Waals surface area (Å²) in [5, 5.41) is 12.9. The van der Waals surface area contributed by atoms with Crippen molar-refractivity contribution in [2.75, 3.05) is 6.61 Å². The molecular formula is C20H16ClN3O5. The van der Waals surface area contributed by atoms with Crippen LogP contribution in [0, 0.1) is 18.3 Å². The van der Waals surface area contributed by atoms with Crippen LogP contribution in [0.25, 0.3) is 0 Å². The highest BCUT2D eigenvalue weighted by molar-refractivity contribution is 6.32. The van der Waals surface area contributed by atoms with E-state index >= 15 is 0 Å². The van der Waals surface area contributed by atoms with Crippen LogP contribution in [0.2, 0.25) is 5.02 Å². The number of ether oxygens (including phenoxy) is 3. The minimum absolute atomic E-state index is 0.0605. The minimum atomic E-state index is -0.627. The third-order valence-electron chi connectivity index (χ3n) is 3.66. The molecule has 0 saturated carbocycles. The van der Waals surface area contributed by atoms with Gasteiger partial charge >= 0.3 is 5.97 Å². The predicted molar refractivity (Wildman–Crippen MR) is 102 cm³/mol. The van der Waals surface area contributed by atoms with Gasteiger partial charge in [0.15, 0.2) is 18.1 Å². The maximum absolute atomic E-state index is 12.5. The van der Waals surface area contributed by atoms with Crippen LogP contribution in [0.3, 0.4) is 0 Å². The summed E-state index contributed by atoms with van der Waals surface area (Å²) in [5.74, 6) is 1.05. The molecule has 3 aromatic rings. The van der Waals surface area contributed by atoms with Gasteiger partial charge in [-0.05, 0) is 37.3 Å². The van der Waals surface area contributed by atoms with Gasteiger partial charge in [-0.25, -0.2) is 4.79 Å². The largest absolute Gasteiger partial charge is 0.490 e.